The maximum absolute atomic E-state index is 2.45. The van der Waals surface area contributed by atoms with Crippen molar-refractivity contribution in [2.45, 2.75) is 0 Å². The van der Waals surface area contributed by atoms with E-state index in [1.807, 2.05) is 0 Å². The maximum atomic E-state index is 2.45. The lowest BCUT2D eigenvalue weighted by molar-refractivity contribution is 1.62. The van der Waals surface area contributed by atoms with E-state index in [-0.39, 0.29) is 0 Å². The molecule has 0 fully saturated rings. The van der Waals surface area contributed by atoms with Gasteiger partial charge in [0.2, 0.25) is 0 Å². The van der Waals surface area contributed by atoms with Crippen LogP contribution in [-0.2, 0) is 0 Å². The van der Waals surface area contributed by atoms with Crippen LogP contribution in [0.1, 0.15) is 0 Å². The highest BCUT2D eigenvalue weighted by Gasteiger charge is 2.37. The summed E-state index contributed by atoms with van der Waals surface area (Å²) in [7, 11) is 0. The molecule has 112 heavy (non-hydrogen) atoms. The van der Waals surface area contributed by atoms with Crippen molar-refractivity contribution in [3.05, 3.63) is 388 Å². The molecule has 26 rings (SSSR count). The molecule has 22 aromatic rings. The molecule has 0 amide bonds. The predicted molar refractivity (Wildman–Crippen MR) is 477 cm³/mol. The molecular weight excluding hydrogens is 1350 g/mol. The molecule has 0 aliphatic heterocycles. The van der Waals surface area contributed by atoms with Gasteiger partial charge in [0.1, 0.15) is 0 Å². The summed E-state index contributed by atoms with van der Waals surface area (Å²) in [6.45, 7) is 0. The minimum atomic E-state index is 1.25. The van der Waals surface area contributed by atoms with Gasteiger partial charge in [0, 0.05) is 0 Å². The Morgan fingerprint density at radius 2 is 0.268 bits per heavy atom. The zero-order valence-corrected chi connectivity index (χ0v) is 61.0. The first-order chi connectivity index (χ1) is 55.7. The van der Waals surface area contributed by atoms with Crippen molar-refractivity contribution in [2.75, 3.05) is 0 Å². The van der Waals surface area contributed by atoms with Crippen LogP contribution >= 0.6 is 0 Å². The summed E-state index contributed by atoms with van der Waals surface area (Å²) in [5.41, 5.74) is 39.3. The molecule has 22 aromatic carbocycles. The fourth-order valence-corrected chi connectivity index (χ4v) is 21.2. The summed E-state index contributed by atoms with van der Waals surface area (Å²) in [6, 6.07) is 145. The summed E-state index contributed by atoms with van der Waals surface area (Å²) < 4.78 is 0. The summed E-state index contributed by atoms with van der Waals surface area (Å²) in [6.07, 6.45) is 0. The first-order valence-corrected chi connectivity index (χ1v) is 39.2. The minimum Gasteiger partial charge on any atom is -0.0622 e. The second-order valence-corrected chi connectivity index (χ2v) is 30.8. The molecule has 0 N–H and O–H groups in total. The van der Waals surface area contributed by atoms with Crippen LogP contribution in [0, 0.1) is 0 Å². The topological polar surface area (TPSA) is 0 Å². The number of rotatable bonds is 7. The van der Waals surface area contributed by atoms with Gasteiger partial charge in [0.15, 0.2) is 0 Å². The molecule has 0 radical (unpaired) electrons. The Morgan fingerprint density at radius 3 is 0.562 bits per heavy atom. The van der Waals surface area contributed by atoms with Gasteiger partial charge < -0.3 is 0 Å². The molecule has 512 valence electrons. The van der Waals surface area contributed by atoms with Crippen molar-refractivity contribution in [1.82, 2.24) is 0 Å². The SMILES string of the molecule is c1ccc(-c2c3c(c(-c4ccccc4)c4ccccc24)-c2ccc(-c4ccc5c6c(cccc46)-c4ccccc4-5)c4cccc-3c24)cc1.c1ccc(-c2c3c(c(-c4ccccc4)c4ccccc24)-c2ccc4c5ccc6c7c(ccc(c8ccc-3c2c84)c75)-c2c-6c(-c3ccccc3)c3ccccc3c2-c2ccccc2)cc1. The Labute approximate surface area is 647 Å². The van der Waals surface area contributed by atoms with Crippen molar-refractivity contribution in [2.24, 2.45) is 0 Å². The Balaban J connectivity index is 0.000000132. The molecule has 4 aliphatic carbocycles. The van der Waals surface area contributed by atoms with Gasteiger partial charge in [-0.2, -0.15) is 0 Å². The van der Waals surface area contributed by atoms with E-state index in [0.29, 0.717) is 0 Å². The van der Waals surface area contributed by atoms with Crippen LogP contribution in [0.5, 0.6) is 0 Å². The Morgan fingerprint density at radius 1 is 0.0804 bits per heavy atom. The van der Waals surface area contributed by atoms with E-state index in [9.17, 15) is 0 Å². The van der Waals surface area contributed by atoms with Crippen LogP contribution in [0.3, 0.4) is 0 Å². The molecule has 0 saturated heterocycles. The molecule has 0 nitrogen and oxygen atoms in total. The van der Waals surface area contributed by atoms with Gasteiger partial charge in [0.05, 0.1) is 0 Å². The molecule has 0 heterocycles. The average molecular weight is 1410 g/mol. The van der Waals surface area contributed by atoms with Gasteiger partial charge >= 0.3 is 0 Å². The molecule has 0 heteroatoms. The van der Waals surface area contributed by atoms with E-state index >= 15 is 0 Å². The van der Waals surface area contributed by atoms with Crippen LogP contribution in [0.15, 0.2) is 388 Å². The molecular formula is C112H64. The van der Waals surface area contributed by atoms with E-state index in [1.54, 1.807) is 0 Å². The third-order valence-corrected chi connectivity index (χ3v) is 25.4. The standard InChI is InChI=1S/C64H36.C48H28/c1-5-17-37(18-6-1)53-41-25-13-14-26-42(41)54(38-19-7-2-8-20-38)62-50-34-30-46-48-32-36-52-60-51(35-31-47(58(48)60)45-29-33-49(61(53)62)59(50)57(45)46)63-55(39-21-9-3-10-22-39)43-27-15-16-28-44(43)56(64(52)63)40-23-11-4-12-24-40;1-3-13-29(14-4-1)43-38-19-9-10-20-39(38)44(30-15-5-2-6-16-30)48-42-28-26-34(37-23-12-24-41(46(37)42)47(43)48)33-25-27-40-32-18-8-7-17-31(32)35-21-11-22-36(33)45(35)40/h1-36H;1-28H. The van der Waals surface area contributed by atoms with Crippen LogP contribution in [0.2, 0.25) is 0 Å². The van der Waals surface area contributed by atoms with Crippen molar-refractivity contribution in [3.8, 4) is 167 Å². The summed E-state index contributed by atoms with van der Waals surface area (Å²) in [5.74, 6) is 0. The Bertz CT molecular complexity index is 7190. The monoisotopic (exact) mass is 1410 g/mol. The zero-order chi connectivity index (χ0) is 73.0. The Kier molecular flexibility index (Phi) is 12.9. The number of hydrogen-bond acceptors (Lipinski definition) is 0. The fourth-order valence-electron chi connectivity index (χ4n) is 21.2. The molecule has 0 spiro atoms. The highest BCUT2D eigenvalue weighted by molar-refractivity contribution is 6.43. The number of fused-ring (bicyclic) bond motifs is 17. The van der Waals surface area contributed by atoms with Crippen molar-refractivity contribution in [3.63, 3.8) is 0 Å². The number of benzene rings is 22. The summed E-state index contributed by atoms with van der Waals surface area (Å²) >= 11 is 0. The normalized spacial score (nSPS) is 12.3. The van der Waals surface area contributed by atoms with Crippen LogP contribution in [0.25, 0.3) is 264 Å². The van der Waals surface area contributed by atoms with Crippen molar-refractivity contribution < 1.29 is 0 Å². The number of hydrogen-bond donors (Lipinski definition) is 0. The van der Waals surface area contributed by atoms with Crippen molar-refractivity contribution >= 4 is 97.0 Å². The van der Waals surface area contributed by atoms with Crippen LogP contribution in [-0.4, -0.2) is 0 Å². The van der Waals surface area contributed by atoms with E-state index in [0.717, 1.165) is 0 Å². The molecule has 0 saturated carbocycles. The van der Waals surface area contributed by atoms with Crippen LogP contribution in [0.4, 0.5) is 0 Å². The smallest absolute Gasteiger partial charge is 0.000740 e. The van der Waals surface area contributed by atoms with Gasteiger partial charge in [0.25, 0.3) is 0 Å². The van der Waals surface area contributed by atoms with Gasteiger partial charge in [-0.25, -0.2) is 0 Å². The van der Waals surface area contributed by atoms with Crippen molar-refractivity contribution in [1.29, 1.82) is 0 Å². The first kappa shape index (κ1) is 61.5. The van der Waals surface area contributed by atoms with Gasteiger partial charge in [-0.15, -0.1) is 0 Å². The zero-order valence-electron chi connectivity index (χ0n) is 61.0. The molecule has 0 bridgehead atoms. The Hall–Kier alpha value is -14.6. The highest BCUT2D eigenvalue weighted by atomic mass is 14.4. The fraction of sp³-hybridized carbons (Fsp3) is 0. The van der Waals surface area contributed by atoms with Gasteiger partial charge in [-0.1, -0.05) is 388 Å². The minimum absolute atomic E-state index is 1.25. The third kappa shape index (κ3) is 8.34. The second kappa shape index (κ2) is 23.5. The molecule has 0 unspecified atom stereocenters. The third-order valence-electron chi connectivity index (χ3n) is 25.4. The van der Waals surface area contributed by atoms with Gasteiger partial charge in [-0.05, 0) is 264 Å². The average Bonchev–Trinajstić information content (AvgIpc) is 1.47. The summed E-state index contributed by atoms with van der Waals surface area (Å²) in [5, 5.41) is 23.8. The second-order valence-electron chi connectivity index (χ2n) is 30.8. The van der Waals surface area contributed by atoms with E-state index in [4.69, 9.17) is 0 Å². The lowest BCUT2D eigenvalue weighted by Gasteiger charge is -2.20. The largest absolute Gasteiger partial charge is 0.0622 e. The lowest BCUT2D eigenvalue weighted by atomic mass is 9.82. The first-order valence-electron chi connectivity index (χ1n) is 39.2. The van der Waals surface area contributed by atoms with E-state index < -0.39 is 0 Å². The molecule has 0 atom stereocenters. The summed E-state index contributed by atoms with van der Waals surface area (Å²) in [4.78, 5) is 0. The van der Waals surface area contributed by atoms with Crippen LogP contribution < -0.4 is 0 Å². The highest BCUT2D eigenvalue weighted by Crippen LogP contribution is 2.65. The molecule has 0 aromatic heterocycles. The lowest BCUT2D eigenvalue weighted by Crippen LogP contribution is -1.93. The molecule has 4 aliphatic rings. The van der Waals surface area contributed by atoms with Gasteiger partial charge in [-0.3, -0.25) is 0 Å². The predicted octanol–water partition coefficient (Wildman–Crippen LogP) is 31.4. The maximum Gasteiger partial charge on any atom is -0.000740 e. The van der Waals surface area contributed by atoms with E-state index in [2.05, 4.69) is 388 Å². The quantitative estimate of drug-likeness (QED) is 0.110. The van der Waals surface area contributed by atoms with E-state index in [1.165, 1.54) is 264 Å².